The van der Waals surface area contributed by atoms with Gasteiger partial charge in [0.2, 0.25) is 0 Å². The molecule has 0 aliphatic carbocycles. The molecule has 0 radical (unpaired) electrons. The summed E-state index contributed by atoms with van der Waals surface area (Å²) in [5, 5.41) is 23.7. The molecule has 0 spiro atoms. The Morgan fingerprint density at radius 2 is 1.02 bits per heavy atom. The topological polar surface area (TPSA) is 67.6 Å². The number of hydrogen-bond acceptors (Lipinski definition) is 5. The van der Waals surface area contributed by atoms with Crippen LogP contribution in [0.3, 0.4) is 0 Å². The van der Waals surface area contributed by atoms with E-state index >= 15 is 0 Å². The Bertz CT molecular complexity index is 2680. The quantitative estimate of drug-likeness (QED) is 0.118. The first-order valence-electron chi connectivity index (χ1n) is 18.5. The second kappa shape index (κ2) is 15.1. The van der Waals surface area contributed by atoms with Crippen LogP contribution in [0.25, 0.3) is 38.1 Å². The first-order valence-corrected chi connectivity index (χ1v) is 19.3. The van der Waals surface area contributed by atoms with Gasteiger partial charge in [0, 0.05) is 43.3 Å². The van der Waals surface area contributed by atoms with Gasteiger partial charge in [-0.25, -0.2) is 4.79 Å². The van der Waals surface area contributed by atoms with Crippen molar-refractivity contribution in [3.63, 3.8) is 0 Å². The van der Waals surface area contributed by atoms with Crippen molar-refractivity contribution in [2.45, 2.75) is 27.7 Å². The summed E-state index contributed by atoms with van der Waals surface area (Å²) >= 11 is 1.46. The van der Waals surface area contributed by atoms with Crippen molar-refractivity contribution in [1.82, 2.24) is 0 Å². The summed E-state index contributed by atoms with van der Waals surface area (Å²) in [6, 6.07) is 55.6. The van der Waals surface area contributed by atoms with E-state index in [0.717, 1.165) is 88.4 Å². The molecule has 1 N–H and O–H groups in total. The number of anilines is 6. The fraction of sp³-hybridized carbons (Fsp3) is 0.0800. The maximum Gasteiger partial charge on any atom is 0.346 e. The van der Waals surface area contributed by atoms with Crippen molar-refractivity contribution >= 4 is 79.1 Å². The van der Waals surface area contributed by atoms with Gasteiger partial charge in [-0.05, 0) is 139 Å². The number of aliphatic carboxylic acids is 1. The van der Waals surface area contributed by atoms with Gasteiger partial charge in [0.15, 0.2) is 0 Å². The molecular weight excluding hydrogens is 707 g/mol. The summed E-state index contributed by atoms with van der Waals surface area (Å²) in [6.45, 7) is 8.54. The van der Waals surface area contributed by atoms with E-state index in [0.29, 0.717) is 4.88 Å². The van der Waals surface area contributed by atoms with Crippen LogP contribution in [0.1, 0.15) is 27.1 Å². The van der Waals surface area contributed by atoms with Crippen LogP contribution in [0.4, 0.5) is 34.1 Å². The van der Waals surface area contributed by atoms with Gasteiger partial charge in [0.25, 0.3) is 0 Å². The molecular formula is C50H39N3O2S. The molecule has 0 amide bonds. The monoisotopic (exact) mass is 745 g/mol. The zero-order valence-electron chi connectivity index (χ0n) is 31.6. The number of carboxylic acid groups (broad SMARTS) is 1. The van der Waals surface area contributed by atoms with Gasteiger partial charge >= 0.3 is 5.97 Å². The van der Waals surface area contributed by atoms with E-state index in [4.69, 9.17) is 0 Å². The van der Waals surface area contributed by atoms with Crippen LogP contribution >= 0.6 is 11.3 Å². The minimum atomic E-state index is -1.25. The van der Waals surface area contributed by atoms with E-state index in [2.05, 4.69) is 177 Å². The second-order valence-electron chi connectivity index (χ2n) is 14.3. The zero-order valence-corrected chi connectivity index (χ0v) is 32.4. The van der Waals surface area contributed by atoms with E-state index in [1.807, 2.05) is 18.2 Å². The fourth-order valence-corrected chi connectivity index (χ4v) is 8.62. The molecule has 0 saturated carbocycles. The highest BCUT2D eigenvalue weighted by atomic mass is 32.1. The molecule has 0 fully saturated rings. The third-order valence-corrected chi connectivity index (χ3v) is 11.0. The van der Waals surface area contributed by atoms with E-state index in [1.54, 1.807) is 0 Å². The Balaban J connectivity index is 1.46. The zero-order chi connectivity index (χ0) is 38.9. The van der Waals surface area contributed by atoms with Crippen molar-refractivity contribution < 1.29 is 9.90 Å². The Labute approximate surface area is 331 Å². The molecule has 8 aromatic rings. The molecule has 1 aromatic heterocycles. The van der Waals surface area contributed by atoms with E-state index in [1.165, 1.54) is 17.4 Å². The molecule has 7 aromatic carbocycles. The predicted molar refractivity (Wildman–Crippen MR) is 234 cm³/mol. The third kappa shape index (κ3) is 7.16. The number of carboxylic acids is 1. The van der Waals surface area contributed by atoms with Crippen LogP contribution in [0.15, 0.2) is 157 Å². The third-order valence-electron chi connectivity index (χ3n) is 9.91. The van der Waals surface area contributed by atoms with Crippen LogP contribution in [-0.2, 0) is 4.79 Å². The summed E-state index contributed by atoms with van der Waals surface area (Å²) in [7, 11) is 0. The highest BCUT2D eigenvalue weighted by molar-refractivity contribution is 7.16. The van der Waals surface area contributed by atoms with Gasteiger partial charge in [-0.3, -0.25) is 0 Å². The van der Waals surface area contributed by atoms with Gasteiger partial charge in [-0.2, -0.15) is 5.26 Å². The average molecular weight is 746 g/mol. The number of rotatable bonds is 9. The fourth-order valence-electron chi connectivity index (χ4n) is 7.69. The minimum Gasteiger partial charge on any atom is -0.477 e. The van der Waals surface area contributed by atoms with Gasteiger partial charge in [-0.1, -0.05) is 84.9 Å². The maximum absolute atomic E-state index is 11.8. The summed E-state index contributed by atoms with van der Waals surface area (Å²) in [6.07, 6.45) is 1.44. The van der Waals surface area contributed by atoms with Crippen molar-refractivity contribution in [3.8, 4) is 16.5 Å². The number of carbonyl (C=O) groups is 1. The molecule has 0 unspecified atom stereocenters. The van der Waals surface area contributed by atoms with E-state index in [-0.39, 0.29) is 5.57 Å². The summed E-state index contributed by atoms with van der Waals surface area (Å²) < 4.78 is 0. The summed E-state index contributed by atoms with van der Waals surface area (Å²) in [5.74, 6) is -1.25. The van der Waals surface area contributed by atoms with Crippen molar-refractivity contribution in [2.75, 3.05) is 9.80 Å². The van der Waals surface area contributed by atoms with Crippen LogP contribution in [0.5, 0.6) is 0 Å². The molecule has 6 heteroatoms. The number of aryl methyl sites for hydroxylation is 4. The average Bonchev–Trinajstić information content (AvgIpc) is 3.65. The van der Waals surface area contributed by atoms with E-state index < -0.39 is 5.97 Å². The highest BCUT2D eigenvalue weighted by Gasteiger charge is 2.23. The van der Waals surface area contributed by atoms with Gasteiger partial charge in [0.1, 0.15) is 11.6 Å². The SMILES string of the molecule is Cc1cc(C)cc(N(c2cc(-c3ccc(/C=C(/C#N)C(=O)O)s3)cc(N(c3cc(C)cc(C)c3)c3cccc4ccccc34)c2)c2cccc3ccccc23)c1. The number of fused-ring (bicyclic) bond motifs is 2. The normalized spacial score (nSPS) is 11.4. The highest BCUT2D eigenvalue weighted by Crippen LogP contribution is 2.47. The predicted octanol–water partition coefficient (Wildman–Crippen LogP) is 13.9. The summed E-state index contributed by atoms with van der Waals surface area (Å²) in [4.78, 5) is 18.1. The Morgan fingerprint density at radius 3 is 1.48 bits per heavy atom. The van der Waals surface area contributed by atoms with Crippen LogP contribution < -0.4 is 9.80 Å². The van der Waals surface area contributed by atoms with Crippen LogP contribution in [0, 0.1) is 39.0 Å². The van der Waals surface area contributed by atoms with Crippen molar-refractivity contribution in [1.29, 1.82) is 5.26 Å². The molecule has 272 valence electrons. The Kier molecular flexibility index (Phi) is 9.70. The molecule has 0 atom stereocenters. The number of nitrogens with zero attached hydrogens (tertiary/aromatic N) is 3. The Morgan fingerprint density at radius 1 is 0.571 bits per heavy atom. The molecule has 0 bridgehead atoms. The lowest BCUT2D eigenvalue weighted by Gasteiger charge is -2.32. The molecule has 1 heterocycles. The van der Waals surface area contributed by atoms with Crippen molar-refractivity contribution in [3.05, 3.63) is 184 Å². The lowest BCUT2D eigenvalue weighted by atomic mass is 10.0. The number of hydrogen-bond donors (Lipinski definition) is 1. The minimum absolute atomic E-state index is 0.304. The lowest BCUT2D eigenvalue weighted by molar-refractivity contribution is -0.132. The molecule has 0 aliphatic heterocycles. The van der Waals surface area contributed by atoms with Crippen LogP contribution in [-0.4, -0.2) is 11.1 Å². The lowest BCUT2D eigenvalue weighted by Crippen LogP contribution is -2.14. The first kappa shape index (κ1) is 36.1. The largest absolute Gasteiger partial charge is 0.477 e. The molecule has 0 saturated heterocycles. The molecule has 0 aliphatic rings. The standard InChI is InChI=1S/C50H39N3O2S/c1-32-21-33(2)24-40(23-32)52(47-17-9-13-36-11-5-7-15-45(36)47)42-27-38(49-20-19-44(56-49)29-39(31-51)50(54)55)28-43(30-42)53(41-25-34(3)22-35(4)26-41)48-18-10-14-37-12-6-8-16-46(37)48/h5-30H,1-4H3,(H,54,55)/b39-29-. The van der Waals surface area contributed by atoms with Gasteiger partial charge < -0.3 is 14.9 Å². The van der Waals surface area contributed by atoms with Gasteiger partial charge in [0.05, 0.1) is 11.4 Å². The molecule has 5 nitrogen and oxygen atoms in total. The second-order valence-corrected chi connectivity index (χ2v) is 15.4. The smallest absolute Gasteiger partial charge is 0.346 e. The molecule has 8 rings (SSSR count). The van der Waals surface area contributed by atoms with Gasteiger partial charge in [-0.15, -0.1) is 11.3 Å². The van der Waals surface area contributed by atoms with Crippen LogP contribution in [0.2, 0.25) is 0 Å². The van der Waals surface area contributed by atoms with E-state index in [9.17, 15) is 15.2 Å². The number of nitriles is 1. The number of thiophene rings is 1. The number of benzene rings is 7. The Hall–Kier alpha value is -6.94. The first-order chi connectivity index (χ1) is 27.1. The van der Waals surface area contributed by atoms with Crippen molar-refractivity contribution in [2.24, 2.45) is 0 Å². The summed E-state index contributed by atoms with van der Waals surface area (Å²) in [5.41, 5.74) is 11.4. The molecule has 56 heavy (non-hydrogen) atoms. The maximum atomic E-state index is 11.8.